The van der Waals surface area contributed by atoms with Crippen molar-refractivity contribution in [3.63, 3.8) is 0 Å². The molecule has 0 aliphatic carbocycles. The fourth-order valence-electron chi connectivity index (χ4n) is 2.73. The van der Waals surface area contributed by atoms with Crippen LogP contribution in [-0.2, 0) is 4.79 Å². The smallest absolute Gasteiger partial charge is 0.246 e. The van der Waals surface area contributed by atoms with Crippen molar-refractivity contribution in [1.29, 1.82) is 0 Å². The average molecular weight is 261 g/mol. The molecular weight excluding hydrogens is 238 g/mol. The van der Waals surface area contributed by atoms with E-state index < -0.39 is 0 Å². The van der Waals surface area contributed by atoms with Gasteiger partial charge < -0.3 is 15.1 Å². The summed E-state index contributed by atoms with van der Waals surface area (Å²) >= 11 is 0. The SMILES string of the molecule is CNCC1C(=O)N(C)CCN1c1cc(C)cc(C)c1. The van der Waals surface area contributed by atoms with Crippen molar-refractivity contribution in [1.82, 2.24) is 10.2 Å². The van der Waals surface area contributed by atoms with Crippen molar-refractivity contribution in [3.8, 4) is 0 Å². The number of nitrogens with one attached hydrogen (secondary N) is 1. The summed E-state index contributed by atoms with van der Waals surface area (Å²) in [5, 5.41) is 3.13. The largest absolute Gasteiger partial charge is 0.357 e. The van der Waals surface area contributed by atoms with Crippen LogP contribution in [0.2, 0.25) is 0 Å². The van der Waals surface area contributed by atoms with Crippen molar-refractivity contribution in [2.75, 3.05) is 38.6 Å². The van der Waals surface area contributed by atoms with Crippen LogP contribution in [0.5, 0.6) is 0 Å². The molecule has 1 aromatic carbocycles. The number of carbonyl (C=O) groups is 1. The number of carbonyl (C=O) groups excluding carboxylic acids is 1. The predicted octanol–water partition coefficient (Wildman–Crippen LogP) is 1.17. The summed E-state index contributed by atoms with van der Waals surface area (Å²) in [4.78, 5) is 16.4. The molecular formula is C15H23N3O. The van der Waals surface area contributed by atoms with Gasteiger partial charge in [0.2, 0.25) is 5.91 Å². The van der Waals surface area contributed by atoms with Crippen LogP contribution >= 0.6 is 0 Å². The molecule has 0 saturated carbocycles. The Kier molecular flexibility index (Phi) is 4.10. The molecule has 1 atom stereocenters. The van der Waals surface area contributed by atoms with Gasteiger partial charge in [0.1, 0.15) is 6.04 Å². The molecule has 0 bridgehead atoms. The fourth-order valence-corrected chi connectivity index (χ4v) is 2.73. The van der Waals surface area contributed by atoms with E-state index in [4.69, 9.17) is 0 Å². The van der Waals surface area contributed by atoms with E-state index in [-0.39, 0.29) is 11.9 Å². The summed E-state index contributed by atoms with van der Waals surface area (Å²) in [5.41, 5.74) is 3.63. The van der Waals surface area contributed by atoms with E-state index >= 15 is 0 Å². The van der Waals surface area contributed by atoms with Crippen molar-refractivity contribution in [2.45, 2.75) is 19.9 Å². The van der Waals surface area contributed by atoms with E-state index in [1.165, 1.54) is 11.1 Å². The Morgan fingerprint density at radius 3 is 2.42 bits per heavy atom. The van der Waals surface area contributed by atoms with Crippen LogP contribution in [-0.4, -0.2) is 50.6 Å². The van der Waals surface area contributed by atoms with Gasteiger partial charge in [-0.15, -0.1) is 0 Å². The van der Waals surface area contributed by atoms with Gasteiger partial charge in [-0.05, 0) is 44.2 Å². The Morgan fingerprint density at radius 1 is 1.21 bits per heavy atom. The lowest BCUT2D eigenvalue weighted by Gasteiger charge is -2.40. The minimum atomic E-state index is -0.107. The first-order valence-corrected chi connectivity index (χ1v) is 6.77. The van der Waals surface area contributed by atoms with Crippen LogP contribution in [0.4, 0.5) is 5.69 Å². The van der Waals surface area contributed by atoms with Gasteiger partial charge in [-0.2, -0.15) is 0 Å². The zero-order valence-corrected chi connectivity index (χ0v) is 12.2. The number of piperazine rings is 1. The molecule has 1 amide bonds. The highest BCUT2D eigenvalue weighted by atomic mass is 16.2. The number of amides is 1. The summed E-state index contributed by atoms with van der Waals surface area (Å²) in [5.74, 6) is 0.194. The number of anilines is 1. The summed E-state index contributed by atoms with van der Waals surface area (Å²) in [7, 11) is 3.77. The lowest BCUT2D eigenvalue weighted by Crippen LogP contribution is -2.59. The number of rotatable bonds is 3. The molecule has 1 unspecified atom stereocenters. The third-order valence-electron chi connectivity index (χ3n) is 3.65. The summed E-state index contributed by atoms with van der Waals surface area (Å²) in [6.45, 7) is 6.54. The van der Waals surface area contributed by atoms with Gasteiger partial charge in [-0.3, -0.25) is 4.79 Å². The molecule has 1 heterocycles. The summed E-state index contributed by atoms with van der Waals surface area (Å²) in [6, 6.07) is 6.38. The quantitative estimate of drug-likeness (QED) is 0.887. The van der Waals surface area contributed by atoms with Crippen LogP contribution < -0.4 is 10.2 Å². The predicted molar refractivity (Wildman–Crippen MR) is 78.6 cm³/mol. The Hall–Kier alpha value is -1.55. The molecule has 0 radical (unpaired) electrons. The van der Waals surface area contributed by atoms with Gasteiger partial charge in [0.15, 0.2) is 0 Å². The molecule has 4 nitrogen and oxygen atoms in total. The van der Waals surface area contributed by atoms with Gasteiger partial charge in [0.05, 0.1) is 0 Å². The maximum Gasteiger partial charge on any atom is 0.246 e. The topological polar surface area (TPSA) is 35.6 Å². The van der Waals surface area contributed by atoms with Crippen molar-refractivity contribution in [2.24, 2.45) is 0 Å². The van der Waals surface area contributed by atoms with Crippen LogP contribution in [0.25, 0.3) is 0 Å². The maximum atomic E-state index is 12.3. The lowest BCUT2D eigenvalue weighted by molar-refractivity contribution is -0.132. The first kappa shape index (κ1) is 13.9. The van der Waals surface area contributed by atoms with Gasteiger partial charge in [-0.25, -0.2) is 0 Å². The highest BCUT2D eigenvalue weighted by molar-refractivity contribution is 5.86. The number of aryl methyl sites for hydroxylation is 2. The van der Waals surface area contributed by atoms with Crippen LogP contribution in [0.1, 0.15) is 11.1 Å². The van der Waals surface area contributed by atoms with Crippen molar-refractivity contribution >= 4 is 11.6 Å². The summed E-state index contributed by atoms with van der Waals surface area (Å²) < 4.78 is 0. The van der Waals surface area contributed by atoms with E-state index in [0.717, 1.165) is 18.8 Å². The minimum absolute atomic E-state index is 0.107. The van der Waals surface area contributed by atoms with Crippen LogP contribution in [0.15, 0.2) is 18.2 Å². The van der Waals surface area contributed by atoms with Gasteiger partial charge in [-0.1, -0.05) is 6.07 Å². The van der Waals surface area contributed by atoms with E-state index in [9.17, 15) is 4.79 Å². The first-order chi connectivity index (χ1) is 9.02. The normalized spacial score (nSPS) is 20.0. The third-order valence-corrected chi connectivity index (χ3v) is 3.65. The second kappa shape index (κ2) is 5.61. The molecule has 1 aliphatic heterocycles. The molecule has 1 N–H and O–H groups in total. The van der Waals surface area contributed by atoms with E-state index in [2.05, 4.69) is 42.3 Å². The zero-order chi connectivity index (χ0) is 14.0. The Balaban J connectivity index is 2.32. The van der Waals surface area contributed by atoms with Gasteiger partial charge in [0, 0.05) is 32.4 Å². The van der Waals surface area contributed by atoms with Crippen molar-refractivity contribution < 1.29 is 4.79 Å². The molecule has 19 heavy (non-hydrogen) atoms. The zero-order valence-electron chi connectivity index (χ0n) is 12.2. The highest BCUT2D eigenvalue weighted by Crippen LogP contribution is 2.23. The lowest BCUT2D eigenvalue weighted by atomic mass is 10.1. The third kappa shape index (κ3) is 2.89. The molecule has 0 aromatic heterocycles. The number of hydrogen-bond acceptors (Lipinski definition) is 3. The molecule has 1 aliphatic rings. The molecule has 1 aromatic rings. The van der Waals surface area contributed by atoms with E-state index in [0.29, 0.717) is 6.54 Å². The van der Waals surface area contributed by atoms with Crippen LogP contribution in [0.3, 0.4) is 0 Å². The molecule has 2 rings (SSSR count). The van der Waals surface area contributed by atoms with E-state index in [1.54, 1.807) is 0 Å². The standard InChI is InChI=1S/C15H23N3O/c1-11-7-12(2)9-13(8-11)18-6-5-17(4)15(19)14(18)10-16-3/h7-9,14,16H,5-6,10H2,1-4H3. The Labute approximate surface area is 115 Å². The van der Waals surface area contributed by atoms with Crippen molar-refractivity contribution in [3.05, 3.63) is 29.3 Å². The second-order valence-electron chi connectivity index (χ2n) is 5.37. The fraction of sp³-hybridized carbons (Fsp3) is 0.533. The monoisotopic (exact) mass is 261 g/mol. The molecule has 104 valence electrons. The summed E-state index contributed by atoms with van der Waals surface area (Å²) in [6.07, 6.45) is 0. The Morgan fingerprint density at radius 2 is 1.84 bits per heavy atom. The number of nitrogens with zero attached hydrogens (tertiary/aromatic N) is 2. The highest BCUT2D eigenvalue weighted by Gasteiger charge is 2.32. The molecule has 1 fully saturated rings. The van der Waals surface area contributed by atoms with E-state index in [1.807, 2.05) is 19.0 Å². The van der Waals surface area contributed by atoms with Gasteiger partial charge in [0.25, 0.3) is 0 Å². The molecule has 4 heteroatoms. The minimum Gasteiger partial charge on any atom is -0.357 e. The maximum absolute atomic E-state index is 12.3. The first-order valence-electron chi connectivity index (χ1n) is 6.77. The Bertz CT molecular complexity index is 452. The number of benzene rings is 1. The average Bonchev–Trinajstić information content (AvgIpc) is 2.34. The molecule has 1 saturated heterocycles. The second-order valence-corrected chi connectivity index (χ2v) is 5.37. The van der Waals surface area contributed by atoms with Crippen LogP contribution in [0, 0.1) is 13.8 Å². The number of hydrogen-bond donors (Lipinski definition) is 1. The molecule has 0 spiro atoms. The van der Waals surface area contributed by atoms with Gasteiger partial charge >= 0.3 is 0 Å². The number of likely N-dealkylation sites (N-methyl/N-ethyl adjacent to an activating group) is 2.